The highest BCUT2D eigenvalue weighted by Crippen LogP contribution is 2.46. The van der Waals surface area contributed by atoms with Crippen LogP contribution in [0.2, 0.25) is 0 Å². The third-order valence-corrected chi connectivity index (χ3v) is 4.23. The Bertz CT molecular complexity index is 369. The zero-order chi connectivity index (χ0) is 12.6. The van der Waals surface area contributed by atoms with Crippen LogP contribution in [0.1, 0.15) is 32.6 Å². The van der Waals surface area contributed by atoms with E-state index in [1.807, 2.05) is 0 Å². The smallest absolute Gasteiger partial charge is 0.407 e. The fourth-order valence-electron chi connectivity index (χ4n) is 3.05. The van der Waals surface area contributed by atoms with Crippen LogP contribution in [-0.4, -0.2) is 40.8 Å². The van der Waals surface area contributed by atoms with E-state index < -0.39 is 17.4 Å². The van der Waals surface area contributed by atoms with E-state index in [4.69, 9.17) is 5.11 Å². The lowest BCUT2D eigenvalue weighted by molar-refractivity contribution is -0.136. The number of nitrogens with zero attached hydrogens (tertiary/aromatic N) is 1. The van der Waals surface area contributed by atoms with Crippen LogP contribution >= 0.6 is 0 Å². The van der Waals surface area contributed by atoms with E-state index >= 15 is 0 Å². The number of piperidine rings is 1. The maximum Gasteiger partial charge on any atom is 0.407 e. The Hall–Kier alpha value is -1.39. The lowest BCUT2D eigenvalue weighted by atomic mass is 9.75. The molecule has 2 aliphatic rings. The topological polar surface area (TPSA) is 74.7 Å². The molecule has 0 aromatic rings. The summed E-state index contributed by atoms with van der Waals surface area (Å²) in [6.07, 6.45) is 1.60. The summed E-state index contributed by atoms with van der Waals surface area (Å²) >= 11 is 0. The Morgan fingerprint density at radius 3 is 2.29 bits per heavy atom. The average molecular weight is 239 g/mol. The Balaban J connectivity index is 2.07. The number of hydrogen-bond acceptors (Lipinski definition) is 3. The van der Waals surface area contributed by atoms with Gasteiger partial charge in [-0.15, -0.1) is 0 Å². The zero-order valence-corrected chi connectivity index (χ0v) is 9.94. The summed E-state index contributed by atoms with van der Waals surface area (Å²) in [5.41, 5.74) is -0.414. The van der Waals surface area contributed by atoms with E-state index in [2.05, 4.69) is 0 Å². The molecule has 1 heterocycles. The minimum atomic E-state index is -0.923. The van der Waals surface area contributed by atoms with Gasteiger partial charge >= 0.3 is 6.09 Å². The van der Waals surface area contributed by atoms with Gasteiger partial charge < -0.3 is 10.0 Å². The number of rotatable bonds is 1. The fraction of sp³-hybridized carbons (Fsp3) is 0.750. The molecule has 2 rings (SSSR count). The standard InChI is InChI=1S/C12H17NO4/c1-8(14)9-2-3-12(10(9)15)4-6-13(7-5-12)11(16)17/h9H,2-7H2,1H3,(H,16,17). The van der Waals surface area contributed by atoms with Crippen molar-refractivity contribution < 1.29 is 19.5 Å². The number of Topliss-reactive ketones (excluding diaryl/α,β-unsaturated/α-hetero) is 2. The Labute approximate surface area is 99.8 Å². The molecule has 5 heteroatoms. The van der Waals surface area contributed by atoms with Gasteiger partial charge in [0.25, 0.3) is 0 Å². The normalized spacial score (nSPS) is 27.5. The van der Waals surface area contributed by atoms with Crippen molar-refractivity contribution in [1.29, 1.82) is 0 Å². The average Bonchev–Trinajstić information content (AvgIpc) is 2.58. The summed E-state index contributed by atoms with van der Waals surface area (Å²) < 4.78 is 0. The second kappa shape index (κ2) is 4.13. The van der Waals surface area contributed by atoms with E-state index in [1.165, 1.54) is 11.8 Å². The van der Waals surface area contributed by atoms with Gasteiger partial charge in [0.05, 0.1) is 5.92 Å². The summed E-state index contributed by atoms with van der Waals surface area (Å²) in [5, 5.41) is 8.86. The monoisotopic (exact) mass is 239 g/mol. The van der Waals surface area contributed by atoms with Crippen molar-refractivity contribution in [1.82, 2.24) is 4.90 Å². The van der Waals surface area contributed by atoms with Crippen molar-refractivity contribution in [3.63, 3.8) is 0 Å². The summed E-state index contributed by atoms with van der Waals surface area (Å²) in [7, 11) is 0. The lowest BCUT2D eigenvalue weighted by Crippen LogP contribution is -2.45. The Morgan fingerprint density at radius 2 is 1.88 bits per heavy atom. The number of carbonyl (C=O) groups excluding carboxylic acids is 2. The van der Waals surface area contributed by atoms with Crippen LogP contribution in [0.25, 0.3) is 0 Å². The molecule has 1 amide bonds. The molecule has 94 valence electrons. The van der Waals surface area contributed by atoms with Crippen LogP contribution in [0.5, 0.6) is 0 Å². The summed E-state index contributed by atoms with van der Waals surface area (Å²) in [6.45, 7) is 2.28. The van der Waals surface area contributed by atoms with Crippen LogP contribution in [0.4, 0.5) is 4.79 Å². The molecule has 1 unspecified atom stereocenters. The first-order valence-corrected chi connectivity index (χ1v) is 5.99. The molecule has 0 bridgehead atoms. The molecular weight excluding hydrogens is 222 g/mol. The number of amides is 1. The first kappa shape index (κ1) is 12.1. The van der Waals surface area contributed by atoms with Crippen LogP contribution in [0.15, 0.2) is 0 Å². The quantitative estimate of drug-likeness (QED) is 0.700. The van der Waals surface area contributed by atoms with Gasteiger partial charge in [0.1, 0.15) is 11.6 Å². The predicted octanol–water partition coefficient (Wildman–Crippen LogP) is 1.31. The molecule has 1 aliphatic carbocycles. The molecule has 1 saturated heterocycles. The first-order valence-electron chi connectivity index (χ1n) is 5.99. The number of carboxylic acid groups (broad SMARTS) is 1. The molecule has 1 N–H and O–H groups in total. The molecule has 1 spiro atoms. The van der Waals surface area contributed by atoms with E-state index in [-0.39, 0.29) is 11.6 Å². The number of ketones is 2. The van der Waals surface area contributed by atoms with Gasteiger partial charge in [-0.25, -0.2) is 4.79 Å². The van der Waals surface area contributed by atoms with Crippen molar-refractivity contribution >= 4 is 17.7 Å². The van der Waals surface area contributed by atoms with Crippen LogP contribution < -0.4 is 0 Å². The van der Waals surface area contributed by atoms with Gasteiger partial charge in [0.15, 0.2) is 0 Å². The van der Waals surface area contributed by atoms with Crippen molar-refractivity contribution in [2.45, 2.75) is 32.6 Å². The minimum Gasteiger partial charge on any atom is -0.465 e. The third-order valence-electron chi connectivity index (χ3n) is 4.23. The molecular formula is C12H17NO4. The van der Waals surface area contributed by atoms with Crippen LogP contribution in [0, 0.1) is 11.3 Å². The fourth-order valence-corrected chi connectivity index (χ4v) is 3.05. The first-order chi connectivity index (χ1) is 7.96. The molecule has 1 saturated carbocycles. The highest BCUT2D eigenvalue weighted by atomic mass is 16.4. The molecule has 0 radical (unpaired) electrons. The minimum absolute atomic E-state index is 0.0486. The third kappa shape index (κ3) is 1.94. The van der Waals surface area contributed by atoms with Crippen molar-refractivity contribution in [2.24, 2.45) is 11.3 Å². The van der Waals surface area contributed by atoms with E-state index in [0.29, 0.717) is 32.4 Å². The van der Waals surface area contributed by atoms with Crippen LogP contribution in [-0.2, 0) is 9.59 Å². The number of likely N-dealkylation sites (tertiary alicyclic amines) is 1. The maximum atomic E-state index is 12.2. The van der Waals surface area contributed by atoms with Gasteiger partial charge in [0, 0.05) is 18.5 Å². The molecule has 1 aliphatic heterocycles. The Morgan fingerprint density at radius 1 is 1.29 bits per heavy atom. The molecule has 5 nitrogen and oxygen atoms in total. The predicted molar refractivity (Wildman–Crippen MR) is 59.7 cm³/mol. The van der Waals surface area contributed by atoms with Gasteiger partial charge in [-0.05, 0) is 32.6 Å². The van der Waals surface area contributed by atoms with Gasteiger partial charge in [0.2, 0.25) is 0 Å². The van der Waals surface area contributed by atoms with E-state index in [9.17, 15) is 14.4 Å². The van der Waals surface area contributed by atoms with Crippen molar-refractivity contribution in [2.75, 3.05) is 13.1 Å². The van der Waals surface area contributed by atoms with Gasteiger partial charge in [-0.1, -0.05) is 0 Å². The highest BCUT2D eigenvalue weighted by Gasteiger charge is 2.50. The lowest BCUT2D eigenvalue weighted by Gasteiger charge is -2.37. The van der Waals surface area contributed by atoms with E-state index in [0.717, 1.165) is 6.42 Å². The van der Waals surface area contributed by atoms with E-state index in [1.54, 1.807) is 0 Å². The molecule has 1 atom stereocenters. The largest absolute Gasteiger partial charge is 0.465 e. The second-order valence-corrected chi connectivity index (χ2v) is 5.12. The highest BCUT2D eigenvalue weighted by molar-refractivity contribution is 6.05. The second-order valence-electron chi connectivity index (χ2n) is 5.12. The molecule has 2 fully saturated rings. The summed E-state index contributed by atoms with van der Waals surface area (Å²) in [5.74, 6) is -0.436. The van der Waals surface area contributed by atoms with Gasteiger partial charge in [-0.2, -0.15) is 0 Å². The summed E-state index contributed by atoms with van der Waals surface area (Å²) in [4.78, 5) is 35.7. The zero-order valence-electron chi connectivity index (χ0n) is 9.94. The maximum absolute atomic E-state index is 12.2. The summed E-state index contributed by atoms with van der Waals surface area (Å²) in [6, 6.07) is 0. The van der Waals surface area contributed by atoms with Gasteiger partial charge in [-0.3, -0.25) is 9.59 Å². The molecule has 0 aromatic carbocycles. The van der Waals surface area contributed by atoms with Crippen molar-refractivity contribution in [3.8, 4) is 0 Å². The van der Waals surface area contributed by atoms with Crippen molar-refractivity contribution in [3.05, 3.63) is 0 Å². The Kier molecular flexibility index (Phi) is 2.93. The van der Waals surface area contributed by atoms with Crippen LogP contribution in [0.3, 0.4) is 0 Å². The number of hydrogen-bond donors (Lipinski definition) is 1. The molecule has 0 aromatic heterocycles. The molecule has 17 heavy (non-hydrogen) atoms. The number of carbonyl (C=O) groups is 3. The SMILES string of the molecule is CC(=O)C1CCC2(CCN(C(=O)O)CC2)C1=O.